The maximum Gasteiger partial charge on any atom is 0.354 e. The fraction of sp³-hybridized carbons (Fsp3) is 0.593. The Morgan fingerprint density at radius 1 is 1.14 bits per heavy atom. The lowest BCUT2D eigenvalue weighted by atomic mass is 10.0. The number of benzene rings is 1. The van der Waals surface area contributed by atoms with Crippen molar-refractivity contribution in [2.75, 3.05) is 50.7 Å². The van der Waals surface area contributed by atoms with Gasteiger partial charge in [0.25, 0.3) is 0 Å². The van der Waals surface area contributed by atoms with E-state index in [2.05, 4.69) is 34.7 Å². The molecule has 2 aromatic rings. The van der Waals surface area contributed by atoms with Gasteiger partial charge in [0.2, 0.25) is 5.91 Å². The zero-order valence-electron chi connectivity index (χ0n) is 21.6. The Kier molecular flexibility index (Phi) is 6.89. The zero-order chi connectivity index (χ0) is 25.4. The van der Waals surface area contributed by atoms with Crippen molar-refractivity contribution < 1.29 is 4.79 Å². The molecule has 0 radical (unpaired) electrons. The first-order chi connectivity index (χ1) is 17.2. The number of rotatable bonds is 8. The van der Waals surface area contributed by atoms with Crippen molar-refractivity contribution in [2.45, 2.75) is 38.8 Å². The van der Waals surface area contributed by atoms with Gasteiger partial charge in [0, 0.05) is 38.4 Å². The van der Waals surface area contributed by atoms with E-state index < -0.39 is 5.54 Å². The van der Waals surface area contributed by atoms with Gasteiger partial charge in [-0.2, -0.15) is 4.98 Å². The molecule has 194 valence electrons. The van der Waals surface area contributed by atoms with Crippen LogP contribution in [-0.2, 0) is 11.2 Å². The first-order valence-corrected chi connectivity index (χ1v) is 13.2. The van der Waals surface area contributed by atoms with Gasteiger partial charge < -0.3 is 26.2 Å². The minimum Gasteiger partial charge on any atom is -0.353 e. The number of nitrogens with two attached hydrogens (primary N) is 1. The van der Waals surface area contributed by atoms with Crippen LogP contribution in [0.25, 0.3) is 5.69 Å². The van der Waals surface area contributed by atoms with Crippen molar-refractivity contribution in [3.63, 3.8) is 0 Å². The van der Waals surface area contributed by atoms with E-state index in [1.807, 2.05) is 23.1 Å². The number of nitrogens with one attached hydrogen (secondary N) is 2. The lowest BCUT2D eigenvalue weighted by Crippen LogP contribution is -2.57. The summed E-state index contributed by atoms with van der Waals surface area (Å²) in [6.45, 7) is 11.6. The fourth-order valence-electron chi connectivity index (χ4n) is 5.72. The van der Waals surface area contributed by atoms with Gasteiger partial charge in [0.15, 0.2) is 0 Å². The number of fused-ring (bicyclic) bond motifs is 1. The summed E-state index contributed by atoms with van der Waals surface area (Å²) < 4.78 is 1.57. The summed E-state index contributed by atoms with van der Waals surface area (Å²) in [4.78, 5) is 33.4. The Morgan fingerprint density at radius 2 is 1.81 bits per heavy atom. The van der Waals surface area contributed by atoms with Crippen LogP contribution in [-0.4, -0.2) is 77.8 Å². The molecule has 4 N–H and O–H groups in total. The average Bonchev–Trinajstić information content (AvgIpc) is 3.28. The third-order valence-corrected chi connectivity index (χ3v) is 7.96. The van der Waals surface area contributed by atoms with Crippen LogP contribution in [0.3, 0.4) is 0 Å². The van der Waals surface area contributed by atoms with E-state index in [-0.39, 0.29) is 11.6 Å². The first-order valence-electron chi connectivity index (χ1n) is 13.2. The third kappa shape index (κ3) is 5.33. The molecule has 2 aliphatic heterocycles. The number of piperazine rings is 1. The van der Waals surface area contributed by atoms with E-state index in [1.54, 1.807) is 29.5 Å². The van der Waals surface area contributed by atoms with Crippen LogP contribution >= 0.6 is 0 Å². The number of aromatic nitrogens is 2. The zero-order valence-corrected chi connectivity index (χ0v) is 21.6. The van der Waals surface area contributed by atoms with Crippen LogP contribution in [0.15, 0.2) is 41.3 Å². The molecule has 1 saturated carbocycles. The van der Waals surface area contributed by atoms with Crippen molar-refractivity contribution in [1.29, 1.82) is 0 Å². The predicted molar refractivity (Wildman–Crippen MR) is 141 cm³/mol. The Bertz CT molecular complexity index is 1120. The number of hydrogen-bond donors (Lipinski definition) is 3. The van der Waals surface area contributed by atoms with Gasteiger partial charge in [0.05, 0.1) is 11.2 Å². The molecule has 0 bridgehead atoms. The van der Waals surface area contributed by atoms with Crippen molar-refractivity contribution >= 4 is 11.7 Å². The second kappa shape index (κ2) is 9.95. The molecule has 1 aliphatic carbocycles. The van der Waals surface area contributed by atoms with E-state index >= 15 is 0 Å². The molecular weight excluding hydrogens is 454 g/mol. The standard InChI is InChI=1S/C27H39N7O2/c1-18(30-17-23-21-15-29-16-22(21)23)14-19-4-6-20(7-5-19)34-9-8-24(31-26(34)36)32-10-12-33(13-11-32)25(35)27(2,3)28/h4-9,18,21-23,29-30H,10-17,28H2,1-3H3. The van der Waals surface area contributed by atoms with Gasteiger partial charge in [0.1, 0.15) is 5.82 Å². The molecule has 9 heteroatoms. The number of anilines is 1. The van der Waals surface area contributed by atoms with Gasteiger partial charge in [-0.3, -0.25) is 9.36 Å². The van der Waals surface area contributed by atoms with Crippen molar-refractivity contribution in [3.8, 4) is 5.69 Å². The second-order valence-corrected chi connectivity index (χ2v) is 11.3. The molecule has 5 rings (SSSR count). The van der Waals surface area contributed by atoms with E-state index in [0.717, 1.165) is 36.4 Å². The summed E-state index contributed by atoms with van der Waals surface area (Å²) in [5, 5.41) is 7.16. The van der Waals surface area contributed by atoms with Crippen molar-refractivity contribution in [1.82, 2.24) is 25.1 Å². The van der Waals surface area contributed by atoms with Gasteiger partial charge in [-0.15, -0.1) is 0 Å². The number of amides is 1. The molecule has 3 unspecified atom stereocenters. The molecular formula is C27H39N7O2. The topological polar surface area (TPSA) is 109 Å². The van der Waals surface area contributed by atoms with E-state index in [4.69, 9.17) is 5.73 Å². The molecule has 9 nitrogen and oxygen atoms in total. The smallest absolute Gasteiger partial charge is 0.353 e. The molecule has 0 spiro atoms. The molecule has 1 aromatic heterocycles. The summed E-state index contributed by atoms with van der Waals surface area (Å²) in [7, 11) is 0. The quantitative estimate of drug-likeness (QED) is 0.494. The van der Waals surface area contributed by atoms with Gasteiger partial charge >= 0.3 is 5.69 Å². The molecule has 1 amide bonds. The Hall–Kier alpha value is -2.75. The molecule has 36 heavy (non-hydrogen) atoms. The van der Waals surface area contributed by atoms with Gasteiger partial charge in [-0.1, -0.05) is 12.1 Å². The maximum atomic E-state index is 12.8. The van der Waals surface area contributed by atoms with Crippen LogP contribution in [0, 0.1) is 17.8 Å². The highest BCUT2D eigenvalue weighted by Crippen LogP contribution is 2.48. The largest absolute Gasteiger partial charge is 0.354 e. The maximum absolute atomic E-state index is 12.8. The van der Waals surface area contributed by atoms with Crippen LogP contribution in [0.4, 0.5) is 5.82 Å². The summed E-state index contributed by atoms with van der Waals surface area (Å²) in [5.41, 5.74) is 6.84. The second-order valence-electron chi connectivity index (χ2n) is 11.3. The van der Waals surface area contributed by atoms with Gasteiger partial charge in [-0.05, 0) is 88.3 Å². The number of carbonyl (C=O) groups is 1. The number of piperidine rings is 1. The van der Waals surface area contributed by atoms with Crippen molar-refractivity contribution in [3.05, 3.63) is 52.6 Å². The molecule has 3 aliphatic rings. The summed E-state index contributed by atoms with van der Waals surface area (Å²) in [5.74, 6) is 3.21. The summed E-state index contributed by atoms with van der Waals surface area (Å²) >= 11 is 0. The highest BCUT2D eigenvalue weighted by atomic mass is 16.2. The van der Waals surface area contributed by atoms with Crippen LogP contribution < -0.4 is 27.0 Å². The van der Waals surface area contributed by atoms with E-state index in [1.165, 1.54) is 18.7 Å². The Morgan fingerprint density at radius 3 is 2.42 bits per heavy atom. The monoisotopic (exact) mass is 493 g/mol. The normalized spacial score (nSPS) is 24.5. The average molecular weight is 494 g/mol. The highest BCUT2D eigenvalue weighted by Gasteiger charge is 2.52. The molecule has 3 fully saturated rings. The Labute approximate surface area is 213 Å². The lowest BCUT2D eigenvalue weighted by Gasteiger charge is -2.37. The predicted octanol–water partition coefficient (Wildman–Crippen LogP) is 0.604. The summed E-state index contributed by atoms with van der Waals surface area (Å²) in [6.07, 6.45) is 2.74. The number of hydrogen-bond acceptors (Lipinski definition) is 7. The summed E-state index contributed by atoms with van der Waals surface area (Å²) in [6, 6.07) is 10.5. The highest BCUT2D eigenvalue weighted by molar-refractivity contribution is 5.85. The minimum absolute atomic E-state index is 0.0538. The molecule has 3 atom stereocenters. The van der Waals surface area contributed by atoms with E-state index in [9.17, 15) is 9.59 Å². The minimum atomic E-state index is -0.876. The molecule has 3 heterocycles. The van der Waals surface area contributed by atoms with Crippen LogP contribution in [0.2, 0.25) is 0 Å². The van der Waals surface area contributed by atoms with Crippen LogP contribution in [0.5, 0.6) is 0 Å². The first kappa shape index (κ1) is 24.9. The van der Waals surface area contributed by atoms with Crippen LogP contribution in [0.1, 0.15) is 26.3 Å². The van der Waals surface area contributed by atoms with Gasteiger partial charge in [-0.25, -0.2) is 4.79 Å². The fourth-order valence-corrected chi connectivity index (χ4v) is 5.72. The number of carbonyl (C=O) groups excluding carboxylic acids is 1. The number of nitrogens with zero attached hydrogens (tertiary/aromatic N) is 4. The molecule has 2 saturated heterocycles. The lowest BCUT2D eigenvalue weighted by molar-refractivity contribution is -0.136. The van der Waals surface area contributed by atoms with E-state index in [0.29, 0.717) is 38.0 Å². The van der Waals surface area contributed by atoms with Crippen molar-refractivity contribution in [2.24, 2.45) is 23.5 Å². The molecule has 1 aromatic carbocycles. The Balaban J connectivity index is 1.14. The third-order valence-electron chi connectivity index (χ3n) is 7.96. The SMILES string of the molecule is CC(Cc1ccc(-n2ccc(N3CCN(C(=O)C(C)(C)N)CC3)nc2=O)cc1)NCC1C2CNCC21.